The average Bonchev–Trinajstić information content (AvgIpc) is 2.25. The summed E-state index contributed by atoms with van der Waals surface area (Å²) in [5, 5.41) is 9.65. The number of hydrogen-bond acceptors (Lipinski definition) is 4. The van der Waals surface area contributed by atoms with Gasteiger partial charge in [-0.05, 0) is 13.0 Å². The second-order valence-electron chi connectivity index (χ2n) is 3.84. The van der Waals surface area contributed by atoms with Gasteiger partial charge in [-0.25, -0.2) is 0 Å². The molecule has 0 aliphatic carbocycles. The number of pyridine rings is 1. The molecule has 1 aliphatic heterocycles. The molecule has 4 heteroatoms. The summed E-state index contributed by atoms with van der Waals surface area (Å²) in [5.41, 5.74) is 1.89. The number of morpholine rings is 1. The highest BCUT2D eigenvalue weighted by Gasteiger charge is 2.12. The van der Waals surface area contributed by atoms with Gasteiger partial charge in [-0.3, -0.25) is 9.88 Å². The van der Waals surface area contributed by atoms with E-state index in [0.29, 0.717) is 0 Å². The quantitative estimate of drug-likeness (QED) is 0.785. The Kier molecular flexibility index (Phi) is 3.18. The van der Waals surface area contributed by atoms with E-state index in [0.717, 1.165) is 44.1 Å². The highest BCUT2D eigenvalue weighted by molar-refractivity contribution is 5.30. The minimum atomic E-state index is 0.284. The van der Waals surface area contributed by atoms with Crippen molar-refractivity contribution in [2.24, 2.45) is 0 Å². The van der Waals surface area contributed by atoms with Gasteiger partial charge in [0, 0.05) is 30.9 Å². The van der Waals surface area contributed by atoms with E-state index < -0.39 is 0 Å². The van der Waals surface area contributed by atoms with E-state index in [1.807, 2.05) is 13.0 Å². The highest BCUT2D eigenvalue weighted by Crippen LogP contribution is 2.18. The lowest BCUT2D eigenvalue weighted by Gasteiger charge is -2.26. The summed E-state index contributed by atoms with van der Waals surface area (Å²) >= 11 is 0. The molecule has 0 saturated carbocycles. The fourth-order valence-electron chi connectivity index (χ4n) is 1.74. The third-order valence-corrected chi connectivity index (χ3v) is 2.60. The Bertz CT molecular complexity index is 335. The predicted octanol–water partition coefficient (Wildman–Crippen LogP) is 0.928. The van der Waals surface area contributed by atoms with Crippen molar-refractivity contribution in [3.8, 4) is 5.75 Å². The first-order valence-electron chi connectivity index (χ1n) is 5.20. The van der Waals surface area contributed by atoms with Crippen LogP contribution in [-0.4, -0.2) is 41.3 Å². The minimum Gasteiger partial charge on any atom is -0.506 e. The van der Waals surface area contributed by atoms with E-state index in [1.54, 1.807) is 0 Å². The second-order valence-corrected chi connectivity index (χ2v) is 3.84. The molecule has 15 heavy (non-hydrogen) atoms. The molecular weight excluding hydrogens is 192 g/mol. The maximum absolute atomic E-state index is 9.65. The molecule has 82 valence electrons. The molecule has 0 radical (unpaired) electrons. The zero-order valence-electron chi connectivity index (χ0n) is 8.94. The maximum Gasteiger partial charge on any atom is 0.138 e. The lowest BCUT2D eigenvalue weighted by molar-refractivity contribution is 0.0338. The van der Waals surface area contributed by atoms with Gasteiger partial charge in [0.15, 0.2) is 0 Å². The third-order valence-electron chi connectivity index (χ3n) is 2.60. The van der Waals surface area contributed by atoms with Crippen molar-refractivity contribution in [2.75, 3.05) is 26.3 Å². The molecule has 1 aromatic rings. The Morgan fingerprint density at radius 2 is 2.20 bits per heavy atom. The van der Waals surface area contributed by atoms with Gasteiger partial charge < -0.3 is 9.84 Å². The Morgan fingerprint density at radius 1 is 1.47 bits per heavy atom. The molecule has 0 spiro atoms. The lowest BCUT2D eigenvalue weighted by Crippen LogP contribution is -2.35. The standard InChI is InChI=1S/C11H16N2O2/c1-9-6-10(11(14)7-12-9)8-13-2-4-15-5-3-13/h6-7,14H,2-5,8H2,1H3. The van der Waals surface area contributed by atoms with Crippen LogP contribution in [0.25, 0.3) is 0 Å². The Labute approximate surface area is 89.5 Å². The molecule has 1 fully saturated rings. The van der Waals surface area contributed by atoms with Gasteiger partial charge in [0.05, 0.1) is 19.4 Å². The first-order valence-corrected chi connectivity index (χ1v) is 5.20. The van der Waals surface area contributed by atoms with Crippen molar-refractivity contribution in [2.45, 2.75) is 13.5 Å². The zero-order valence-corrected chi connectivity index (χ0v) is 8.94. The number of aryl methyl sites for hydroxylation is 1. The molecule has 1 aromatic heterocycles. The van der Waals surface area contributed by atoms with Crippen molar-refractivity contribution in [3.63, 3.8) is 0 Å². The Balaban J connectivity index is 2.05. The first kappa shape index (κ1) is 10.4. The van der Waals surface area contributed by atoms with Crippen LogP contribution in [0.4, 0.5) is 0 Å². The van der Waals surface area contributed by atoms with E-state index in [9.17, 15) is 5.11 Å². The van der Waals surface area contributed by atoms with Crippen LogP contribution < -0.4 is 0 Å². The molecule has 0 amide bonds. The summed E-state index contributed by atoms with van der Waals surface area (Å²) in [6.07, 6.45) is 1.52. The molecule has 0 atom stereocenters. The highest BCUT2D eigenvalue weighted by atomic mass is 16.5. The molecule has 4 nitrogen and oxygen atoms in total. The fourth-order valence-corrected chi connectivity index (χ4v) is 1.74. The van der Waals surface area contributed by atoms with Crippen LogP contribution in [0.1, 0.15) is 11.3 Å². The van der Waals surface area contributed by atoms with Crippen molar-refractivity contribution < 1.29 is 9.84 Å². The average molecular weight is 208 g/mol. The summed E-state index contributed by atoms with van der Waals surface area (Å²) in [5.74, 6) is 0.284. The molecular formula is C11H16N2O2. The van der Waals surface area contributed by atoms with E-state index in [-0.39, 0.29) is 5.75 Å². The van der Waals surface area contributed by atoms with Crippen LogP contribution in [0.3, 0.4) is 0 Å². The topological polar surface area (TPSA) is 45.6 Å². The zero-order chi connectivity index (χ0) is 10.7. The monoisotopic (exact) mass is 208 g/mol. The summed E-state index contributed by atoms with van der Waals surface area (Å²) in [6.45, 7) is 6.14. The Morgan fingerprint density at radius 3 is 2.93 bits per heavy atom. The lowest BCUT2D eigenvalue weighted by atomic mass is 10.2. The molecule has 0 unspecified atom stereocenters. The molecule has 1 aliphatic rings. The molecule has 2 heterocycles. The van der Waals surface area contributed by atoms with Crippen LogP contribution >= 0.6 is 0 Å². The van der Waals surface area contributed by atoms with Crippen LogP contribution in [0.5, 0.6) is 5.75 Å². The van der Waals surface area contributed by atoms with E-state index in [4.69, 9.17) is 4.74 Å². The van der Waals surface area contributed by atoms with Gasteiger partial charge in [-0.2, -0.15) is 0 Å². The van der Waals surface area contributed by atoms with Crippen molar-refractivity contribution in [3.05, 3.63) is 23.5 Å². The summed E-state index contributed by atoms with van der Waals surface area (Å²) in [4.78, 5) is 6.32. The van der Waals surface area contributed by atoms with E-state index in [2.05, 4.69) is 9.88 Å². The molecule has 0 bridgehead atoms. The van der Waals surface area contributed by atoms with Crippen molar-refractivity contribution >= 4 is 0 Å². The predicted molar refractivity (Wildman–Crippen MR) is 56.7 cm³/mol. The number of ether oxygens (including phenoxy) is 1. The third kappa shape index (κ3) is 2.67. The molecule has 1 N–H and O–H groups in total. The molecule has 2 rings (SSSR count). The largest absolute Gasteiger partial charge is 0.506 e. The number of aromatic hydroxyl groups is 1. The number of rotatable bonds is 2. The van der Waals surface area contributed by atoms with Crippen molar-refractivity contribution in [1.29, 1.82) is 0 Å². The summed E-state index contributed by atoms with van der Waals surface area (Å²) < 4.78 is 5.27. The Hall–Kier alpha value is -1.13. The minimum absolute atomic E-state index is 0.284. The first-order chi connectivity index (χ1) is 7.25. The van der Waals surface area contributed by atoms with Crippen LogP contribution in [0, 0.1) is 6.92 Å². The van der Waals surface area contributed by atoms with Gasteiger partial charge >= 0.3 is 0 Å². The van der Waals surface area contributed by atoms with Gasteiger partial charge in [0.2, 0.25) is 0 Å². The van der Waals surface area contributed by atoms with Gasteiger partial charge in [-0.15, -0.1) is 0 Å². The maximum atomic E-state index is 9.65. The van der Waals surface area contributed by atoms with Crippen LogP contribution in [0.15, 0.2) is 12.3 Å². The summed E-state index contributed by atoms with van der Waals surface area (Å²) in [6, 6.07) is 1.94. The normalized spacial score (nSPS) is 17.9. The van der Waals surface area contributed by atoms with Gasteiger partial charge in [0.1, 0.15) is 5.75 Å². The number of aromatic nitrogens is 1. The number of nitrogens with zero attached hydrogens (tertiary/aromatic N) is 2. The van der Waals surface area contributed by atoms with Crippen LogP contribution in [0.2, 0.25) is 0 Å². The van der Waals surface area contributed by atoms with E-state index >= 15 is 0 Å². The SMILES string of the molecule is Cc1cc(CN2CCOCC2)c(O)cn1. The smallest absolute Gasteiger partial charge is 0.138 e. The number of hydrogen-bond donors (Lipinski definition) is 1. The van der Waals surface area contributed by atoms with Crippen LogP contribution in [-0.2, 0) is 11.3 Å². The van der Waals surface area contributed by atoms with Gasteiger partial charge in [0.25, 0.3) is 0 Å². The fraction of sp³-hybridized carbons (Fsp3) is 0.545. The summed E-state index contributed by atoms with van der Waals surface area (Å²) in [7, 11) is 0. The molecule has 0 aromatic carbocycles. The van der Waals surface area contributed by atoms with Gasteiger partial charge in [-0.1, -0.05) is 0 Å². The van der Waals surface area contributed by atoms with E-state index in [1.165, 1.54) is 6.20 Å². The molecule has 1 saturated heterocycles. The van der Waals surface area contributed by atoms with Crippen molar-refractivity contribution in [1.82, 2.24) is 9.88 Å². The second kappa shape index (κ2) is 4.59.